The zero-order chi connectivity index (χ0) is 14.1. The first kappa shape index (κ1) is 13.1. The summed E-state index contributed by atoms with van der Waals surface area (Å²) in [5, 5.41) is 10.5. The molecule has 1 N–H and O–H groups in total. The molecule has 20 heavy (non-hydrogen) atoms. The van der Waals surface area contributed by atoms with E-state index in [2.05, 4.69) is 0 Å². The maximum Gasteiger partial charge on any atom is 0.126 e. The first-order chi connectivity index (χ1) is 9.65. The van der Waals surface area contributed by atoms with Gasteiger partial charge in [-0.25, -0.2) is 8.78 Å². The van der Waals surface area contributed by atoms with Gasteiger partial charge in [0.15, 0.2) is 0 Å². The van der Waals surface area contributed by atoms with Crippen molar-refractivity contribution in [2.75, 3.05) is 6.61 Å². The lowest BCUT2D eigenvalue weighted by atomic mass is 9.85. The molecule has 0 aliphatic carbocycles. The Bertz CT molecular complexity index is 607. The van der Waals surface area contributed by atoms with Crippen molar-refractivity contribution in [1.29, 1.82) is 0 Å². The Labute approximate surface area is 115 Å². The lowest BCUT2D eigenvalue weighted by Crippen LogP contribution is -2.20. The molecular weight excluding hydrogens is 262 g/mol. The molecular formula is C16H14F2O2. The second-order valence-electron chi connectivity index (χ2n) is 4.93. The van der Waals surface area contributed by atoms with E-state index in [4.69, 9.17) is 4.74 Å². The first-order valence-electron chi connectivity index (χ1n) is 6.51. The fourth-order valence-electron chi connectivity index (χ4n) is 2.68. The van der Waals surface area contributed by atoms with Crippen molar-refractivity contribution in [1.82, 2.24) is 0 Å². The average molecular weight is 276 g/mol. The van der Waals surface area contributed by atoms with E-state index in [1.807, 2.05) is 24.3 Å². The Balaban J connectivity index is 1.97. The molecule has 0 fully saturated rings. The SMILES string of the molecule is OC(c1cc(F)cc(F)c1)C1CCOc2ccccc21. The molecule has 104 valence electrons. The van der Waals surface area contributed by atoms with Crippen molar-refractivity contribution in [2.45, 2.75) is 18.4 Å². The van der Waals surface area contributed by atoms with Gasteiger partial charge in [0.25, 0.3) is 0 Å². The van der Waals surface area contributed by atoms with E-state index in [1.54, 1.807) is 0 Å². The Morgan fingerprint density at radius 2 is 1.80 bits per heavy atom. The second kappa shape index (κ2) is 5.21. The fourth-order valence-corrected chi connectivity index (χ4v) is 2.68. The van der Waals surface area contributed by atoms with E-state index in [1.165, 1.54) is 12.1 Å². The highest BCUT2D eigenvalue weighted by Crippen LogP contribution is 2.41. The Morgan fingerprint density at radius 3 is 2.55 bits per heavy atom. The number of fused-ring (bicyclic) bond motifs is 1. The minimum absolute atomic E-state index is 0.221. The van der Waals surface area contributed by atoms with Gasteiger partial charge in [-0.05, 0) is 30.2 Å². The summed E-state index contributed by atoms with van der Waals surface area (Å²) in [6.07, 6.45) is -0.346. The number of aliphatic hydroxyl groups is 1. The van der Waals surface area contributed by atoms with Crippen LogP contribution in [0.15, 0.2) is 42.5 Å². The number of halogens is 2. The number of hydrogen-bond donors (Lipinski definition) is 1. The van der Waals surface area contributed by atoms with Gasteiger partial charge in [-0.3, -0.25) is 0 Å². The summed E-state index contributed by atoms with van der Waals surface area (Å²) >= 11 is 0. The normalized spacial score (nSPS) is 19.1. The molecule has 0 amide bonds. The number of aliphatic hydroxyl groups excluding tert-OH is 1. The van der Waals surface area contributed by atoms with Crippen molar-refractivity contribution in [3.8, 4) is 5.75 Å². The minimum Gasteiger partial charge on any atom is -0.493 e. The summed E-state index contributed by atoms with van der Waals surface area (Å²) in [5.74, 6) is -0.861. The zero-order valence-corrected chi connectivity index (χ0v) is 10.7. The van der Waals surface area contributed by atoms with Crippen LogP contribution < -0.4 is 4.74 Å². The second-order valence-corrected chi connectivity index (χ2v) is 4.93. The van der Waals surface area contributed by atoms with Crippen molar-refractivity contribution >= 4 is 0 Å². The van der Waals surface area contributed by atoms with Gasteiger partial charge >= 0.3 is 0 Å². The molecule has 1 aliphatic rings. The zero-order valence-electron chi connectivity index (χ0n) is 10.7. The molecule has 0 aromatic heterocycles. The summed E-state index contributed by atoms with van der Waals surface area (Å²) in [6.45, 7) is 0.483. The number of hydrogen-bond acceptors (Lipinski definition) is 2. The molecule has 0 saturated heterocycles. The van der Waals surface area contributed by atoms with Crippen molar-refractivity contribution in [3.63, 3.8) is 0 Å². The smallest absolute Gasteiger partial charge is 0.126 e. The number of benzene rings is 2. The predicted octanol–water partition coefficient (Wildman–Crippen LogP) is 3.56. The molecule has 2 unspecified atom stereocenters. The van der Waals surface area contributed by atoms with E-state index in [0.717, 1.165) is 17.4 Å². The maximum atomic E-state index is 13.3. The summed E-state index contributed by atoms with van der Waals surface area (Å²) < 4.78 is 32.1. The van der Waals surface area contributed by atoms with Crippen LogP contribution in [0.1, 0.15) is 29.6 Å². The molecule has 0 bridgehead atoms. The minimum atomic E-state index is -0.953. The molecule has 1 heterocycles. The quantitative estimate of drug-likeness (QED) is 0.908. The lowest BCUT2D eigenvalue weighted by Gasteiger charge is -2.29. The molecule has 2 aromatic carbocycles. The molecule has 2 aromatic rings. The van der Waals surface area contributed by atoms with Crippen LogP contribution in [0, 0.1) is 11.6 Å². The molecule has 4 heteroatoms. The highest BCUT2D eigenvalue weighted by Gasteiger charge is 2.29. The van der Waals surface area contributed by atoms with Gasteiger partial charge in [-0.2, -0.15) is 0 Å². The van der Waals surface area contributed by atoms with Gasteiger partial charge in [0, 0.05) is 17.5 Å². The summed E-state index contributed by atoms with van der Waals surface area (Å²) in [5.41, 5.74) is 1.13. The number of ether oxygens (including phenoxy) is 1. The number of para-hydroxylation sites is 1. The molecule has 0 spiro atoms. The molecule has 0 radical (unpaired) electrons. The first-order valence-corrected chi connectivity index (χ1v) is 6.51. The fraction of sp³-hybridized carbons (Fsp3) is 0.250. The molecule has 2 nitrogen and oxygen atoms in total. The van der Waals surface area contributed by atoms with Crippen LogP contribution >= 0.6 is 0 Å². The standard InChI is InChI=1S/C16H14F2O2/c17-11-7-10(8-12(18)9-11)16(19)14-5-6-20-15-4-2-1-3-13(14)15/h1-4,7-9,14,16,19H,5-6H2. The van der Waals surface area contributed by atoms with Gasteiger partial charge in [-0.15, -0.1) is 0 Å². The van der Waals surface area contributed by atoms with Gasteiger partial charge in [-0.1, -0.05) is 18.2 Å². The van der Waals surface area contributed by atoms with E-state index >= 15 is 0 Å². The van der Waals surface area contributed by atoms with Gasteiger partial charge in [0.2, 0.25) is 0 Å². The molecule has 1 aliphatic heterocycles. The average Bonchev–Trinajstić information content (AvgIpc) is 2.45. The van der Waals surface area contributed by atoms with Gasteiger partial charge < -0.3 is 9.84 Å². The van der Waals surface area contributed by atoms with E-state index < -0.39 is 17.7 Å². The van der Waals surface area contributed by atoms with E-state index in [-0.39, 0.29) is 11.5 Å². The lowest BCUT2D eigenvalue weighted by molar-refractivity contribution is 0.116. The maximum absolute atomic E-state index is 13.3. The molecule has 0 saturated carbocycles. The Hall–Kier alpha value is -1.94. The van der Waals surface area contributed by atoms with Crippen LogP contribution in [-0.2, 0) is 0 Å². The predicted molar refractivity (Wildman–Crippen MR) is 70.6 cm³/mol. The third kappa shape index (κ3) is 2.39. The Morgan fingerprint density at radius 1 is 1.10 bits per heavy atom. The van der Waals surface area contributed by atoms with Gasteiger partial charge in [0.05, 0.1) is 12.7 Å². The number of rotatable bonds is 2. The highest BCUT2D eigenvalue weighted by atomic mass is 19.1. The van der Waals surface area contributed by atoms with Crippen LogP contribution in [0.5, 0.6) is 5.75 Å². The molecule has 2 atom stereocenters. The van der Waals surface area contributed by atoms with Crippen LogP contribution in [0.25, 0.3) is 0 Å². The van der Waals surface area contributed by atoms with Crippen LogP contribution in [0.4, 0.5) is 8.78 Å². The highest BCUT2D eigenvalue weighted by molar-refractivity contribution is 5.39. The largest absolute Gasteiger partial charge is 0.493 e. The van der Waals surface area contributed by atoms with Crippen LogP contribution in [-0.4, -0.2) is 11.7 Å². The van der Waals surface area contributed by atoms with Crippen molar-refractivity contribution in [3.05, 3.63) is 65.2 Å². The monoisotopic (exact) mass is 276 g/mol. The topological polar surface area (TPSA) is 29.5 Å². The van der Waals surface area contributed by atoms with Crippen molar-refractivity contribution in [2.24, 2.45) is 0 Å². The van der Waals surface area contributed by atoms with Crippen LogP contribution in [0.2, 0.25) is 0 Å². The third-order valence-electron chi connectivity index (χ3n) is 3.61. The van der Waals surface area contributed by atoms with E-state index in [0.29, 0.717) is 13.0 Å². The Kier molecular flexibility index (Phi) is 3.40. The van der Waals surface area contributed by atoms with Gasteiger partial charge in [0.1, 0.15) is 17.4 Å². The van der Waals surface area contributed by atoms with Crippen LogP contribution in [0.3, 0.4) is 0 Å². The summed E-state index contributed by atoms with van der Waals surface area (Å²) in [6, 6.07) is 10.6. The summed E-state index contributed by atoms with van der Waals surface area (Å²) in [7, 11) is 0. The molecule has 3 rings (SSSR count). The van der Waals surface area contributed by atoms with E-state index in [9.17, 15) is 13.9 Å². The third-order valence-corrected chi connectivity index (χ3v) is 3.61. The van der Waals surface area contributed by atoms with Crippen molar-refractivity contribution < 1.29 is 18.6 Å². The summed E-state index contributed by atoms with van der Waals surface area (Å²) in [4.78, 5) is 0.